The molecule has 1 aromatic heterocycles. The van der Waals surface area contributed by atoms with Gasteiger partial charge in [0.25, 0.3) is 0 Å². The summed E-state index contributed by atoms with van der Waals surface area (Å²) in [6.45, 7) is 1.98. The van der Waals surface area contributed by atoms with E-state index in [1.165, 1.54) is 18.5 Å². The molecule has 1 aromatic carbocycles. The summed E-state index contributed by atoms with van der Waals surface area (Å²) >= 11 is 7.57. The maximum absolute atomic E-state index is 3.50. The van der Waals surface area contributed by atoms with Crippen LogP contribution in [-0.4, -0.2) is 11.9 Å². The van der Waals surface area contributed by atoms with Crippen molar-refractivity contribution in [1.29, 1.82) is 0 Å². The monoisotopic (exact) mass is 421 g/mol. The van der Waals surface area contributed by atoms with Crippen LogP contribution in [-0.2, 0) is 13.1 Å². The second-order valence-corrected chi connectivity index (χ2v) is 7.59. The molecule has 0 unspecified atom stereocenters. The maximum Gasteiger partial charge on any atom is 0.0701 e. The van der Waals surface area contributed by atoms with Gasteiger partial charge in [-0.2, -0.15) is 0 Å². The van der Waals surface area contributed by atoms with E-state index in [1.807, 2.05) is 0 Å². The Labute approximate surface area is 128 Å². The summed E-state index contributed by atoms with van der Waals surface area (Å²) in [5.74, 6) is 0. The molecule has 0 bridgehead atoms. The van der Waals surface area contributed by atoms with Gasteiger partial charge in [0.05, 0.1) is 3.79 Å². The molecular formula is C13H13BrINS. The van der Waals surface area contributed by atoms with Crippen LogP contribution < -0.4 is 0 Å². The third-order valence-corrected chi connectivity index (χ3v) is 4.71. The Balaban J connectivity index is 1.93. The molecule has 90 valence electrons. The smallest absolute Gasteiger partial charge is 0.0701 e. The predicted molar refractivity (Wildman–Crippen MR) is 86.3 cm³/mol. The van der Waals surface area contributed by atoms with Gasteiger partial charge in [-0.25, -0.2) is 0 Å². The molecule has 0 saturated carbocycles. The Bertz CT molecular complexity index is 480. The third kappa shape index (κ3) is 4.35. The van der Waals surface area contributed by atoms with Crippen molar-refractivity contribution in [3.05, 3.63) is 54.2 Å². The van der Waals surface area contributed by atoms with Crippen LogP contribution in [0.3, 0.4) is 0 Å². The van der Waals surface area contributed by atoms with Crippen molar-refractivity contribution in [3.63, 3.8) is 0 Å². The Morgan fingerprint density at radius 3 is 2.41 bits per heavy atom. The lowest BCUT2D eigenvalue weighted by Gasteiger charge is -2.15. The molecule has 0 saturated heterocycles. The first kappa shape index (κ1) is 13.5. The molecule has 1 nitrogen and oxygen atoms in total. The van der Waals surface area contributed by atoms with Crippen LogP contribution in [0.1, 0.15) is 11.1 Å². The van der Waals surface area contributed by atoms with E-state index in [2.05, 4.69) is 86.2 Å². The van der Waals surface area contributed by atoms with Crippen LogP contribution >= 0.6 is 49.9 Å². The van der Waals surface area contributed by atoms with Gasteiger partial charge in [0.15, 0.2) is 0 Å². The summed E-state index contributed by atoms with van der Waals surface area (Å²) in [5.41, 5.74) is 2.73. The Kier molecular flexibility index (Phi) is 5.02. The highest BCUT2D eigenvalue weighted by Gasteiger charge is 2.03. The Morgan fingerprint density at radius 1 is 1.18 bits per heavy atom. The molecule has 17 heavy (non-hydrogen) atoms. The van der Waals surface area contributed by atoms with Gasteiger partial charge in [-0.3, -0.25) is 4.90 Å². The zero-order valence-corrected chi connectivity index (χ0v) is 14.0. The van der Waals surface area contributed by atoms with Gasteiger partial charge in [-0.1, -0.05) is 12.1 Å². The van der Waals surface area contributed by atoms with Gasteiger partial charge in [0.2, 0.25) is 0 Å². The Hall–Kier alpha value is 0.0900. The standard InChI is InChI=1S/C13H13BrINS/c1-16(8-11-6-13(14)17-9-11)7-10-2-4-12(15)5-3-10/h2-6,9H,7-8H2,1H3. The SMILES string of the molecule is CN(Cc1ccc(I)cc1)Cc1csc(Br)c1. The molecule has 0 aliphatic rings. The fourth-order valence-corrected chi connectivity index (χ4v) is 3.26. The van der Waals surface area contributed by atoms with Crippen LogP contribution in [0, 0.1) is 3.57 Å². The normalized spacial score (nSPS) is 11.1. The van der Waals surface area contributed by atoms with E-state index in [-0.39, 0.29) is 0 Å². The van der Waals surface area contributed by atoms with Gasteiger partial charge in [0.1, 0.15) is 0 Å². The van der Waals surface area contributed by atoms with Crippen molar-refractivity contribution < 1.29 is 0 Å². The first-order valence-corrected chi connectivity index (χ1v) is 8.04. The predicted octanol–water partition coefficient (Wildman–Crippen LogP) is 4.75. The summed E-state index contributed by atoms with van der Waals surface area (Å²) in [7, 11) is 2.16. The van der Waals surface area contributed by atoms with E-state index in [0.29, 0.717) is 0 Å². The highest BCUT2D eigenvalue weighted by Crippen LogP contribution is 2.21. The highest BCUT2D eigenvalue weighted by atomic mass is 127. The average Bonchev–Trinajstić information content (AvgIpc) is 2.67. The number of hydrogen-bond acceptors (Lipinski definition) is 2. The van der Waals surface area contributed by atoms with Crippen molar-refractivity contribution in [3.8, 4) is 0 Å². The van der Waals surface area contributed by atoms with Crippen LogP contribution in [0.15, 0.2) is 39.5 Å². The van der Waals surface area contributed by atoms with Crippen LogP contribution in [0.25, 0.3) is 0 Å². The summed E-state index contributed by atoms with van der Waals surface area (Å²) in [6, 6.07) is 10.9. The lowest BCUT2D eigenvalue weighted by atomic mass is 10.2. The molecular weight excluding hydrogens is 409 g/mol. The van der Waals surface area contributed by atoms with E-state index in [4.69, 9.17) is 0 Å². The van der Waals surface area contributed by atoms with Gasteiger partial charge in [0, 0.05) is 16.7 Å². The topological polar surface area (TPSA) is 3.24 Å². The molecule has 0 aliphatic carbocycles. The van der Waals surface area contributed by atoms with Gasteiger partial charge < -0.3 is 0 Å². The quantitative estimate of drug-likeness (QED) is 0.644. The lowest BCUT2D eigenvalue weighted by molar-refractivity contribution is 0.319. The number of halogens is 2. The van der Waals surface area contributed by atoms with Crippen molar-refractivity contribution in [1.82, 2.24) is 4.90 Å². The molecule has 0 atom stereocenters. The first-order valence-electron chi connectivity index (χ1n) is 5.29. The summed E-state index contributed by atoms with van der Waals surface area (Å²) in [4.78, 5) is 2.33. The van der Waals surface area contributed by atoms with Crippen LogP contribution in [0.2, 0.25) is 0 Å². The summed E-state index contributed by atoms with van der Waals surface area (Å²) in [5, 5.41) is 2.20. The lowest BCUT2D eigenvalue weighted by Crippen LogP contribution is -2.16. The van der Waals surface area contributed by atoms with Gasteiger partial charge >= 0.3 is 0 Å². The molecule has 0 fully saturated rings. The van der Waals surface area contributed by atoms with E-state index in [1.54, 1.807) is 11.3 Å². The molecule has 0 spiro atoms. The second-order valence-electron chi connectivity index (χ2n) is 4.06. The minimum Gasteiger partial charge on any atom is -0.298 e. The zero-order chi connectivity index (χ0) is 12.3. The fourth-order valence-electron chi connectivity index (χ4n) is 1.70. The number of rotatable bonds is 4. The minimum atomic E-state index is 0.990. The van der Waals surface area contributed by atoms with Crippen molar-refractivity contribution in [2.45, 2.75) is 13.1 Å². The van der Waals surface area contributed by atoms with E-state index >= 15 is 0 Å². The van der Waals surface area contributed by atoms with Crippen molar-refractivity contribution >= 4 is 49.9 Å². The molecule has 4 heteroatoms. The molecule has 2 aromatic rings. The van der Waals surface area contributed by atoms with E-state index in [0.717, 1.165) is 13.1 Å². The number of thiophene rings is 1. The molecule has 0 aliphatic heterocycles. The third-order valence-electron chi connectivity index (χ3n) is 2.44. The van der Waals surface area contributed by atoms with Gasteiger partial charge in [-0.15, -0.1) is 11.3 Å². The summed E-state index contributed by atoms with van der Waals surface area (Å²) < 4.78 is 2.49. The van der Waals surface area contributed by atoms with Crippen molar-refractivity contribution in [2.24, 2.45) is 0 Å². The molecule has 0 amide bonds. The molecule has 0 N–H and O–H groups in total. The zero-order valence-electron chi connectivity index (χ0n) is 9.49. The van der Waals surface area contributed by atoms with E-state index in [9.17, 15) is 0 Å². The van der Waals surface area contributed by atoms with Crippen LogP contribution in [0.5, 0.6) is 0 Å². The fraction of sp³-hybridized carbons (Fsp3) is 0.231. The minimum absolute atomic E-state index is 0.990. The van der Waals surface area contributed by atoms with E-state index < -0.39 is 0 Å². The largest absolute Gasteiger partial charge is 0.298 e. The van der Waals surface area contributed by atoms with Gasteiger partial charge in [-0.05, 0) is 80.3 Å². The average molecular weight is 422 g/mol. The summed E-state index contributed by atoms with van der Waals surface area (Å²) in [6.07, 6.45) is 0. The number of nitrogens with zero attached hydrogens (tertiary/aromatic N) is 1. The van der Waals surface area contributed by atoms with Crippen molar-refractivity contribution in [2.75, 3.05) is 7.05 Å². The second kappa shape index (κ2) is 6.31. The molecule has 0 radical (unpaired) electrons. The molecule has 1 heterocycles. The maximum atomic E-state index is 3.50. The number of hydrogen-bond donors (Lipinski definition) is 0. The van der Waals surface area contributed by atoms with Crippen LogP contribution in [0.4, 0.5) is 0 Å². The Morgan fingerprint density at radius 2 is 1.82 bits per heavy atom. The number of benzene rings is 1. The highest BCUT2D eigenvalue weighted by molar-refractivity contribution is 14.1. The molecule has 2 rings (SSSR count). The first-order chi connectivity index (χ1) is 8.13.